The van der Waals surface area contributed by atoms with E-state index in [0.29, 0.717) is 30.8 Å². The van der Waals surface area contributed by atoms with E-state index in [0.717, 1.165) is 15.7 Å². The number of benzene rings is 1. The number of nitrogens with one attached hydrogen (secondary N) is 2. The molecule has 7 heteroatoms. The highest BCUT2D eigenvalue weighted by molar-refractivity contribution is 9.10. The van der Waals surface area contributed by atoms with Crippen LogP contribution in [0.25, 0.3) is 11.3 Å². The summed E-state index contributed by atoms with van der Waals surface area (Å²) in [4.78, 5) is 28.5. The Balaban J connectivity index is 1.84. The fraction of sp³-hybridized carbons (Fsp3) is 0.381. The number of alkyl carbamates (subject to hydrolysis) is 1. The zero-order chi connectivity index (χ0) is 20.7. The van der Waals surface area contributed by atoms with Crippen LogP contribution in [0, 0.1) is 6.92 Å². The van der Waals surface area contributed by atoms with Gasteiger partial charge in [-0.15, -0.1) is 0 Å². The van der Waals surface area contributed by atoms with Crippen LogP contribution in [0.15, 0.2) is 40.9 Å². The SMILES string of the molecule is Cc1nc(-c2cccc(Br)c2)ccc1C(=O)NCCCNC(=O)OC(C)(C)C. The molecule has 1 aromatic carbocycles. The monoisotopic (exact) mass is 447 g/mol. The van der Waals surface area contributed by atoms with Crippen molar-refractivity contribution in [2.45, 2.75) is 39.7 Å². The smallest absolute Gasteiger partial charge is 0.407 e. The van der Waals surface area contributed by atoms with Crippen LogP contribution < -0.4 is 10.6 Å². The van der Waals surface area contributed by atoms with Crippen LogP contribution in [0.5, 0.6) is 0 Å². The number of ether oxygens (including phenoxy) is 1. The molecule has 2 rings (SSSR count). The Labute approximate surface area is 174 Å². The highest BCUT2D eigenvalue weighted by Gasteiger charge is 2.15. The van der Waals surface area contributed by atoms with Gasteiger partial charge >= 0.3 is 6.09 Å². The Morgan fingerprint density at radius 1 is 1.11 bits per heavy atom. The first-order valence-corrected chi connectivity index (χ1v) is 9.93. The van der Waals surface area contributed by atoms with Gasteiger partial charge in [-0.1, -0.05) is 28.1 Å². The number of hydrogen-bond donors (Lipinski definition) is 2. The predicted octanol–water partition coefficient (Wildman–Crippen LogP) is 4.46. The van der Waals surface area contributed by atoms with Crippen molar-refractivity contribution in [2.24, 2.45) is 0 Å². The van der Waals surface area contributed by atoms with Crippen molar-refractivity contribution in [1.29, 1.82) is 0 Å². The second-order valence-corrected chi connectivity index (χ2v) is 8.29. The molecule has 0 saturated heterocycles. The minimum Gasteiger partial charge on any atom is -0.444 e. The molecule has 0 aliphatic heterocycles. The molecule has 0 spiro atoms. The minimum absolute atomic E-state index is 0.178. The van der Waals surface area contributed by atoms with Gasteiger partial charge < -0.3 is 15.4 Å². The molecule has 0 saturated carbocycles. The Morgan fingerprint density at radius 2 is 1.82 bits per heavy atom. The third-order valence-electron chi connectivity index (χ3n) is 3.76. The summed E-state index contributed by atoms with van der Waals surface area (Å²) in [7, 11) is 0. The van der Waals surface area contributed by atoms with Gasteiger partial charge in [0.05, 0.1) is 17.0 Å². The maximum absolute atomic E-state index is 12.4. The Hall–Kier alpha value is -2.41. The number of pyridine rings is 1. The molecule has 0 aliphatic carbocycles. The molecule has 0 unspecified atom stereocenters. The Morgan fingerprint density at radius 3 is 2.46 bits per heavy atom. The average molecular weight is 448 g/mol. The van der Waals surface area contributed by atoms with Gasteiger partial charge in [-0.05, 0) is 58.4 Å². The minimum atomic E-state index is -0.523. The summed E-state index contributed by atoms with van der Waals surface area (Å²) >= 11 is 3.45. The van der Waals surface area contributed by atoms with Crippen LogP contribution in [0.2, 0.25) is 0 Å². The zero-order valence-electron chi connectivity index (χ0n) is 16.6. The molecule has 1 aromatic heterocycles. The highest BCUT2D eigenvalue weighted by atomic mass is 79.9. The van der Waals surface area contributed by atoms with E-state index in [1.54, 1.807) is 6.07 Å². The third kappa shape index (κ3) is 6.96. The molecule has 0 bridgehead atoms. The second-order valence-electron chi connectivity index (χ2n) is 7.38. The van der Waals surface area contributed by atoms with Gasteiger partial charge in [0, 0.05) is 23.1 Å². The van der Waals surface area contributed by atoms with Crippen LogP contribution in [0.4, 0.5) is 4.79 Å². The number of carbonyl (C=O) groups excluding carboxylic acids is 2. The van der Waals surface area contributed by atoms with E-state index in [1.807, 2.05) is 58.0 Å². The number of halogens is 1. The topological polar surface area (TPSA) is 80.3 Å². The molecule has 0 radical (unpaired) electrons. The number of carbonyl (C=O) groups is 2. The second kappa shape index (κ2) is 9.68. The van der Waals surface area contributed by atoms with E-state index in [9.17, 15) is 9.59 Å². The first kappa shape index (κ1) is 21.9. The van der Waals surface area contributed by atoms with Gasteiger partial charge in [0.15, 0.2) is 0 Å². The number of rotatable bonds is 6. The molecule has 2 N–H and O–H groups in total. The van der Waals surface area contributed by atoms with E-state index < -0.39 is 11.7 Å². The van der Waals surface area contributed by atoms with Crippen molar-refractivity contribution < 1.29 is 14.3 Å². The van der Waals surface area contributed by atoms with Crippen LogP contribution >= 0.6 is 15.9 Å². The molecule has 2 amide bonds. The summed E-state index contributed by atoms with van der Waals surface area (Å²) < 4.78 is 6.13. The molecular weight excluding hydrogens is 422 g/mol. The number of nitrogens with zero attached hydrogens (tertiary/aromatic N) is 1. The van der Waals surface area contributed by atoms with E-state index in [4.69, 9.17) is 4.74 Å². The van der Waals surface area contributed by atoms with Gasteiger partial charge in [0.2, 0.25) is 0 Å². The maximum atomic E-state index is 12.4. The molecular formula is C21H26BrN3O3. The Kier molecular flexibility index (Phi) is 7.57. The van der Waals surface area contributed by atoms with E-state index in [1.165, 1.54) is 0 Å². The molecule has 28 heavy (non-hydrogen) atoms. The van der Waals surface area contributed by atoms with Crippen molar-refractivity contribution in [3.63, 3.8) is 0 Å². The normalized spacial score (nSPS) is 11.0. The fourth-order valence-electron chi connectivity index (χ4n) is 2.50. The third-order valence-corrected chi connectivity index (χ3v) is 4.25. The number of amides is 2. The fourth-order valence-corrected chi connectivity index (χ4v) is 2.90. The zero-order valence-corrected chi connectivity index (χ0v) is 18.2. The molecule has 0 atom stereocenters. The van der Waals surface area contributed by atoms with Gasteiger partial charge in [0.1, 0.15) is 5.60 Å². The van der Waals surface area contributed by atoms with Crippen molar-refractivity contribution >= 4 is 27.9 Å². The van der Waals surface area contributed by atoms with Gasteiger partial charge in [-0.2, -0.15) is 0 Å². The van der Waals surface area contributed by atoms with Crippen LogP contribution in [-0.2, 0) is 4.74 Å². The standard InChI is InChI=1S/C21H26BrN3O3/c1-14-17(9-10-18(25-14)15-7-5-8-16(22)13-15)19(26)23-11-6-12-24-20(27)28-21(2,3)4/h5,7-10,13H,6,11-12H2,1-4H3,(H,23,26)(H,24,27). The lowest BCUT2D eigenvalue weighted by molar-refractivity contribution is 0.0527. The molecule has 1 heterocycles. The van der Waals surface area contributed by atoms with Crippen molar-refractivity contribution in [2.75, 3.05) is 13.1 Å². The predicted molar refractivity (Wildman–Crippen MR) is 113 cm³/mol. The first-order valence-electron chi connectivity index (χ1n) is 9.14. The van der Waals surface area contributed by atoms with Gasteiger partial charge in [0.25, 0.3) is 5.91 Å². The van der Waals surface area contributed by atoms with E-state index in [2.05, 4.69) is 31.5 Å². The van der Waals surface area contributed by atoms with Crippen molar-refractivity contribution in [3.8, 4) is 11.3 Å². The van der Waals surface area contributed by atoms with E-state index >= 15 is 0 Å². The summed E-state index contributed by atoms with van der Waals surface area (Å²) in [6, 6.07) is 11.5. The summed E-state index contributed by atoms with van der Waals surface area (Å²) in [5.41, 5.74) is 2.49. The van der Waals surface area contributed by atoms with Crippen LogP contribution in [0.1, 0.15) is 43.2 Å². The molecule has 6 nitrogen and oxygen atoms in total. The van der Waals surface area contributed by atoms with Gasteiger partial charge in [-0.3, -0.25) is 9.78 Å². The van der Waals surface area contributed by atoms with E-state index in [-0.39, 0.29) is 5.91 Å². The number of aryl methyl sites for hydroxylation is 1. The summed E-state index contributed by atoms with van der Waals surface area (Å²) in [5.74, 6) is -0.178. The first-order chi connectivity index (χ1) is 13.2. The summed E-state index contributed by atoms with van der Waals surface area (Å²) in [6.45, 7) is 8.12. The number of aromatic nitrogens is 1. The molecule has 2 aromatic rings. The lowest BCUT2D eigenvalue weighted by Gasteiger charge is -2.19. The highest BCUT2D eigenvalue weighted by Crippen LogP contribution is 2.22. The lowest BCUT2D eigenvalue weighted by atomic mass is 10.1. The molecule has 0 aliphatic rings. The van der Waals surface area contributed by atoms with Crippen LogP contribution in [-0.4, -0.2) is 35.7 Å². The lowest BCUT2D eigenvalue weighted by Crippen LogP contribution is -2.34. The summed E-state index contributed by atoms with van der Waals surface area (Å²) in [6.07, 6.45) is 0.148. The summed E-state index contributed by atoms with van der Waals surface area (Å²) in [5, 5.41) is 5.52. The van der Waals surface area contributed by atoms with Crippen molar-refractivity contribution in [1.82, 2.24) is 15.6 Å². The van der Waals surface area contributed by atoms with Crippen molar-refractivity contribution in [3.05, 3.63) is 52.1 Å². The molecule has 0 fully saturated rings. The maximum Gasteiger partial charge on any atom is 0.407 e. The number of hydrogen-bond acceptors (Lipinski definition) is 4. The Bertz CT molecular complexity index is 847. The average Bonchev–Trinajstić information content (AvgIpc) is 2.59. The largest absolute Gasteiger partial charge is 0.444 e. The molecule has 150 valence electrons. The quantitative estimate of drug-likeness (QED) is 0.640. The van der Waals surface area contributed by atoms with Gasteiger partial charge in [-0.25, -0.2) is 4.79 Å². The van der Waals surface area contributed by atoms with Crippen LogP contribution in [0.3, 0.4) is 0 Å².